The van der Waals surface area contributed by atoms with Gasteiger partial charge in [0.1, 0.15) is 36.5 Å². The third-order valence-corrected chi connectivity index (χ3v) is 11.3. The summed E-state index contributed by atoms with van der Waals surface area (Å²) in [6, 6.07) is 13.4. The number of hydrogen-bond acceptors (Lipinski definition) is 13. The second kappa shape index (κ2) is 33.0. The minimum Gasteiger partial charge on any atom is -0.492 e. The van der Waals surface area contributed by atoms with Crippen molar-refractivity contribution in [3.63, 3.8) is 0 Å². The Balaban J connectivity index is 2.14. The summed E-state index contributed by atoms with van der Waals surface area (Å²) in [6.07, 6.45) is 8.14. The number of unbranched alkanes of at least 4 members (excludes halogenated alkanes) is 6. The number of likely N-dealkylation sites (N-methyl/N-ethyl adjacent to an activating group) is 1. The summed E-state index contributed by atoms with van der Waals surface area (Å²) < 4.78 is 11.2. The summed E-state index contributed by atoms with van der Waals surface area (Å²) >= 11 is 0. The molecule has 0 radical (unpaired) electrons. The minimum absolute atomic E-state index is 0.0278. The van der Waals surface area contributed by atoms with Crippen LogP contribution in [0.1, 0.15) is 134 Å². The van der Waals surface area contributed by atoms with Gasteiger partial charge in [-0.25, -0.2) is 0 Å². The number of nitrogens with zero attached hydrogens (tertiary/aromatic N) is 2. The van der Waals surface area contributed by atoms with Gasteiger partial charge in [0.25, 0.3) is 0 Å². The Labute approximate surface area is 391 Å². The van der Waals surface area contributed by atoms with E-state index in [4.69, 9.17) is 31.9 Å². The second-order valence-electron chi connectivity index (χ2n) is 16.9. The predicted octanol–water partition coefficient (Wildman–Crippen LogP) is 4.98. The van der Waals surface area contributed by atoms with Crippen molar-refractivity contribution in [2.75, 3.05) is 46.4 Å². The molecule has 16 heteroatoms. The predicted molar refractivity (Wildman–Crippen MR) is 253 cm³/mol. The van der Waals surface area contributed by atoms with Crippen molar-refractivity contribution < 1.29 is 43.0 Å². The van der Waals surface area contributed by atoms with Gasteiger partial charge in [0.15, 0.2) is 17.3 Å². The SMILES string of the molecule is CCCCCCCCCC(=O)NCC(=O)CCCC(=O)C[C@@H](CCN)C(=O)N(C)[C@H](C(=O)C[C@@H](C)C(=O)N[C@@H](Cc1ccc(OCCN)cc1)C(=O)CCC#N)c1ccc(OCCN)cc1. The molecule has 0 spiro atoms. The van der Waals surface area contributed by atoms with Crippen LogP contribution in [0.3, 0.4) is 0 Å². The first-order chi connectivity index (χ1) is 31.8. The molecule has 0 saturated heterocycles. The zero-order chi connectivity index (χ0) is 48.7. The van der Waals surface area contributed by atoms with Crippen LogP contribution < -0.4 is 37.3 Å². The summed E-state index contributed by atoms with van der Waals surface area (Å²) in [6.45, 7) is 4.96. The number of nitrogens with one attached hydrogen (secondary N) is 2. The van der Waals surface area contributed by atoms with Crippen molar-refractivity contribution in [2.45, 2.75) is 135 Å². The van der Waals surface area contributed by atoms with E-state index < -0.39 is 41.5 Å². The highest BCUT2D eigenvalue weighted by atomic mass is 16.5. The van der Waals surface area contributed by atoms with Crippen LogP contribution in [-0.2, 0) is 40.0 Å². The number of hydrogen-bond donors (Lipinski definition) is 5. The normalized spacial score (nSPS) is 12.7. The van der Waals surface area contributed by atoms with Gasteiger partial charge in [0.2, 0.25) is 17.7 Å². The standard InChI is InChI=1S/C50H75N7O9/c1-4-5-6-7-8-9-10-16-47(62)55-35-41(59)14-11-13-40(58)34-39(25-27-52)50(64)57(3)48(38-19-23-43(24-20-38)66-31-29-54)46(61)32-36(2)49(63)56-44(45(60)15-12-26-51)33-37-17-21-42(22-18-37)65-30-28-53/h17-24,36,39,44,48H,4-16,25,27-35,52-54H2,1-3H3,(H,55,62)(H,56,63)/t36-,39-,44+,48+/m1/s1. The number of nitrogens with two attached hydrogens (primary N) is 3. The Bertz CT molecular complexity index is 1850. The van der Waals surface area contributed by atoms with Gasteiger partial charge in [0.05, 0.1) is 18.7 Å². The Morgan fingerprint density at radius 1 is 0.712 bits per heavy atom. The maximum atomic E-state index is 14.3. The molecule has 2 rings (SSSR count). The molecular weight excluding hydrogens is 843 g/mol. The molecule has 0 aliphatic rings. The van der Waals surface area contributed by atoms with Crippen molar-refractivity contribution in [3.8, 4) is 17.6 Å². The molecule has 0 fully saturated rings. The van der Waals surface area contributed by atoms with Crippen molar-refractivity contribution in [1.82, 2.24) is 15.5 Å². The van der Waals surface area contributed by atoms with Crippen molar-refractivity contribution in [1.29, 1.82) is 5.26 Å². The highest BCUT2D eigenvalue weighted by molar-refractivity contribution is 5.96. The lowest BCUT2D eigenvalue weighted by Crippen LogP contribution is -2.45. The van der Waals surface area contributed by atoms with Crippen LogP contribution in [0.25, 0.3) is 0 Å². The van der Waals surface area contributed by atoms with Gasteiger partial charge in [-0.1, -0.05) is 76.6 Å². The number of benzene rings is 2. The number of nitriles is 1. The molecule has 8 N–H and O–H groups in total. The molecule has 2 aromatic rings. The van der Waals surface area contributed by atoms with E-state index in [9.17, 15) is 33.6 Å². The molecule has 3 amide bonds. The monoisotopic (exact) mass is 918 g/mol. The van der Waals surface area contributed by atoms with Crippen LogP contribution in [0.15, 0.2) is 48.5 Å². The summed E-state index contributed by atoms with van der Waals surface area (Å²) in [5, 5.41) is 14.6. The van der Waals surface area contributed by atoms with Crippen LogP contribution in [-0.4, -0.2) is 98.2 Å². The molecule has 4 atom stereocenters. The van der Waals surface area contributed by atoms with Gasteiger partial charge < -0.3 is 42.2 Å². The van der Waals surface area contributed by atoms with E-state index in [0.29, 0.717) is 36.6 Å². The number of ketones is 4. The third-order valence-electron chi connectivity index (χ3n) is 11.3. The summed E-state index contributed by atoms with van der Waals surface area (Å²) in [7, 11) is 1.47. The van der Waals surface area contributed by atoms with E-state index in [1.165, 1.54) is 31.2 Å². The number of carbonyl (C=O) groups excluding carboxylic acids is 7. The quantitative estimate of drug-likeness (QED) is 0.0561. The fourth-order valence-corrected chi connectivity index (χ4v) is 7.51. The highest BCUT2D eigenvalue weighted by Gasteiger charge is 2.35. The van der Waals surface area contributed by atoms with E-state index in [1.54, 1.807) is 55.5 Å². The van der Waals surface area contributed by atoms with Gasteiger partial charge in [-0.15, -0.1) is 0 Å². The summed E-state index contributed by atoms with van der Waals surface area (Å²) in [5.74, 6) is -3.14. The summed E-state index contributed by atoms with van der Waals surface area (Å²) in [4.78, 5) is 94.8. The molecule has 0 aliphatic heterocycles. The molecule has 66 heavy (non-hydrogen) atoms. The molecule has 0 bridgehead atoms. The summed E-state index contributed by atoms with van der Waals surface area (Å²) in [5.41, 5.74) is 18.2. The van der Waals surface area contributed by atoms with E-state index >= 15 is 0 Å². The van der Waals surface area contributed by atoms with Crippen LogP contribution >= 0.6 is 0 Å². The smallest absolute Gasteiger partial charge is 0.226 e. The van der Waals surface area contributed by atoms with Gasteiger partial charge in [0, 0.05) is 76.9 Å². The molecular formula is C50H75N7O9. The molecule has 0 unspecified atom stereocenters. The average molecular weight is 918 g/mol. The van der Waals surface area contributed by atoms with E-state index in [-0.39, 0.29) is 107 Å². The fourth-order valence-electron chi connectivity index (χ4n) is 7.51. The van der Waals surface area contributed by atoms with Gasteiger partial charge in [-0.05, 0) is 67.6 Å². The van der Waals surface area contributed by atoms with Crippen molar-refractivity contribution >= 4 is 40.9 Å². The number of ether oxygens (including phenoxy) is 2. The number of rotatable bonds is 37. The van der Waals surface area contributed by atoms with Crippen LogP contribution in [0.2, 0.25) is 0 Å². The van der Waals surface area contributed by atoms with Crippen LogP contribution in [0.5, 0.6) is 11.5 Å². The lowest BCUT2D eigenvalue weighted by atomic mass is 9.90. The molecule has 2 aromatic carbocycles. The fraction of sp³-hybridized carbons (Fsp3) is 0.600. The minimum atomic E-state index is -1.17. The molecule has 364 valence electrons. The highest BCUT2D eigenvalue weighted by Crippen LogP contribution is 2.29. The molecule has 0 aromatic heterocycles. The number of Topliss-reactive ketones (excluding diaryl/α,β-unsaturated/α-hetero) is 4. The van der Waals surface area contributed by atoms with Crippen molar-refractivity contribution in [3.05, 3.63) is 59.7 Å². The maximum absolute atomic E-state index is 14.3. The molecule has 16 nitrogen and oxygen atoms in total. The maximum Gasteiger partial charge on any atom is 0.226 e. The molecule has 0 heterocycles. The average Bonchev–Trinajstić information content (AvgIpc) is 3.31. The second-order valence-corrected chi connectivity index (χ2v) is 16.9. The molecule has 0 saturated carbocycles. The number of amides is 3. The van der Waals surface area contributed by atoms with Gasteiger partial charge >= 0.3 is 0 Å². The van der Waals surface area contributed by atoms with Gasteiger partial charge in [-0.3, -0.25) is 33.6 Å². The van der Waals surface area contributed by atoms with Crippen molar-refractivity contribution in [2.24, 2.45) is 29.0 Å². The largest absolute Gasteiger partial charge is 0.492 e. The van der Waals surface area contributed by atoms with Crippen LogP contribution in [0, 0.1) is 23.2 Å². The molecule has 0 aliphatic carbocycles. The zero-order valence-corrected chi connectivity index (χ0v) is 39.5. The first-order valence-electron chi connectivity index (χ1n) is 23.6. The van der Waals surface area contributed by atoms with E-state index in [2.05, 4.69) is 17.6 Å². The Morgan fingerprint density at radius 2 is 1.30 bits per heavy atom. The zero-order valence-electron chi connectivity index (χ0n) is 39.5. The number of carbonyl (C=O) groups is 7. The first kappa shape index (κ1) is 56.6. The lowest BCUT2D eigenvalue weighted by molar-refractivity contribution is -0.143. The Hall–Kier alpha value is -5.50. The lowest BCUT2D eigenvalue weighted by Gasteiger charge is -2.31. The first-order valence-corrected chi connectivity index (χ1v) is 23.6. The van der Waals surface area contributed by atoms with Gasteiger partial charge in [-0.2, -0.15) is 5.26 Å². The van der Waals surface area contributed by atoms with Crippen LogP contribution in [0.4, 0.5) is 0 Å². The topological polar surface area (TPSA) is 267 Å². The third kappa shape index (κ3) is 22.1. The van der Waals surface area contributed by atoms with E-state index in [1.807, 2.05) is 6.07 Å². The Morgan fingerprint density at radius 3 is 1.89 bits per heavy atom. The van der Waals surface area contributed by atoms with E-state index in [0.717, 1.165) is 31.2 Å². The Kier molecular flexibility index (Phi) is 28.4.